The predicted octanol–water partition coefficient (Wildman–Crippen LogP) is 3.04. The number of carbonyl (C=O) groups excluding carboxylic acids is 1. The summed E-state index contributed by atoms with van der Waals surface area (Å²) in [5, 5.41) is 3.73. The van der Waals surface area contributed by atoms with Gasteiger partial charge in [-0.05, 0) is 42.0 Å². The summed E-state index contributed by atoms with van der Waals surface area (Å²) >= 11 is 3.40. The first-order chi connectivity index (χ1) is 11.1. The van der Waals surface area contributed by atoms with Gasteiger partial charge in [-0.2, -0.15) is 5.10 Å². The molecule has 3 N–H and O–H groups in total. The molecule has 0 saturated heterocycles. The zero-order chi connectivity index (χ0) is 16.7. The summed E-state index contributed by atoms with van der Waals surface area (Å²) in [4.78, 5) is 10.6. The maximum absolute atomic E-state index is 10.6. The van der Waals surface area contributed by atoms with Crippen LogP contribution in [0.25, 0.3) is 0 Å². The van der Waals surface area contributed by atoms with Crippen molar-refractivity contribution in [2.75, 3.05) is 7.11 Å². The van der Waals surface area contributed by atoms with Crippen molar-refractivity contribution in [2.24, 2.45) is 10.8 Å². The van der Waals surface area contributed by atoms with E-state index in [1.54, 1.807) is 7.11 Å². The molecule has 2 rings (SSSR count). The molecule has 0 spiro atoms. The number of amides is 2. The molecule has 0 radical (unpaired) electrons. The Bertz CT molecular complexity index is 719. The highest BCUT2D eigenvalue weighted by atomic mass is 79.9. The Balaban J connectivity index is 2.12. The quantitative estimate of drug-likeness (QED) is 0.599. The van der Waals surface area contributed by atoms with Crippen molar-refractivity contribution in [3.05, 3.63) is 58.1 Å². The van der Waals surface area contributed by atoms with Gasteiger partial charge in [0.05, 0.1) is 13.3 Å². The van der Waals surface area contributed by atoms with E-state index in [0.29, 0.717) is 12.4 Å². The minimum atomic E-state index is -0.715. The number of hydrogen-bond donors (Lipinski definition) is 2. The summed E-state index contributed by atoms with van der Waals surface area (Å²) < 4.78 is 12.0. The van der Waals surface area contributed by atoms with Gasteiger partial charge in [-0.3, -0.25) is 0 Å². The van der Waals surface area contributed by atoms with Gasteiger partial charge < -0.3 is 15.2 Å². The normalized spacial score (nSPS) is 10.5. The molecule has 0 saturated carbocycles. The smallest absolute Gasteiger partial charge is 0.332 e. The number of rotatable bonds is 6. The predicted molar refractivity (Wildman–Crippen MR) is 91.8 cm³/mol. The highest BCUT2D eigenvalue weighted by Gasteiger charge is 2.05. The van der Waals surface area contributed by atoms with Crippen molar-refractivity contribution in [1.82, 2.24) is 5.43 Å². The van der Waals surface area contributed by atoms with Gasteiger partial charge in [0, 0.05) is 10.0 Å². The van der Waals surface area contributed by atoms with Crippen LogP contribution in [-0.4, -0.2) is 19.4 Å². The molecule has 0 fully saturated rings. The molecule has 0 aliphatic heterocycles. The number of hydrazone groups is 1. The van der Waals surface area contributed by atoms with Gasteiger partial charge in [-0.25, -0.2) is 10.2 Å². The van der Waals surface area contributed by atoms with Gasteiger partial charge in [0.25, 0.3) is 0 Å². The third-order valence-corrected chi connectivity index (χ3v) is 3.38. The van der Waals surface area contributed by atoms with Crippen molar-refractivity contribution in [2.45, 2.75) is 6.61 Å². The standard InChI is InChI=1S/C16H16BrN3O3/c1-22-15-6-5-11(9-19-20-16(18)21)7-12(15)10-23-14-4-2-3-13(17)8-14/h2-9H,10H2,1H3,(H3,18,20,21). The molecule has 2 aromatic rings. The number of carbonyl (C=O) groups is 1. The fourth-order valence-corrected chi connectivity index (χ4v) is 2.26. The molecule has 0 heterocycles. The Labute approximate surface area is 142 Å². The number of nitrogens with two attached hydrogens (primary N) is 1. The lowest BCUT2D eigenvalue weighted by Gasteiger charge is -2.11. The van der Waals surface area contributed by atoms with E-state index in [1.165, 1.54) is 6.21 Å². The van der Waals surface area contributed by atoms with E-state index in [0.717, 1.165) is 21.3 Å². The van der Waals surface area contributed by atoms with Gasteiger partial charge in [0.1, 0.15) is 18.1 Å². The lowest BCUT2D eigenvalue weighted by Crippen LogP contribution is -2.24. The van der Waals surface area contributed by atoms with Crippen molar-refractivity contribution in [3.8, 4) is 11.5 Å². The number of ether oxygens (including phenoxy) is 2. The maximum Gasteiger partial charge on any atom is 0.332 e. The summed E-state index contributed by atoms with van der Waals surface area (Å²) in [5.41, 5.74) is 8.74. The molecular formula is C16H16BrN3O3. The molecule has 7 heteroatoms. The molecule has 120 valence electrons. The third-order valence-electron chi connectivity index (χ3n) is 2.88. The molecule has 0 unspecified atom stereocenters. The van der Waals surface area contributed by atoms with Crippen LogP contribution in [0.5, 0.6) is 11.5 Å². The van der Waals surface area contributed by atoms with Crippen LogP contribution in [0.15, 0.2) is 52.0 Å². The molecular weight excluding hydrogens is 362 g/mol. The van der Waals surface area contributed by atoms with Crippen LogP contribution < -0.4 is 20.6 Å². The molecule has 0 bridgehead atoms. The van der Waals surface area contributed by atoms with Gasteiger partial charge >= 0.3 is 6.03 Å². The third kappa shape index (κ3) is 5.30. The van der Waals surface area contributed by atoms with Crippen LogP contribution in [0, 0.1) is 0 Å². The number of nitrogens with zero attached hydrogens (tertiary/aromatic N) is 1. The zero-order valence-electron chi connectivity index (χ0n) is 12.5. The average molecular weight is 378 g/mol. The van der Waals surface area contributed by atoms with E-state index in [4.69, 9.17) is 15.2 Å². The maximum atomic E-state index is 10.6. The monoisotopic (exact) mass is 377 g/mol. The fraction of sp³-hybridized carbons (Fsp3) is 0.125. The summed E-state index contributed by atoms with van der Waals surface area (Å²) in [6, 6.07) is 12.4. The summed E-state index contributed by atoms with van der Waals surface area (Å²) in [7, 11) is 1.60. The first-order valence-corrected chi connectivity index (χ1v) is 7.51. The average Bonchev–Trinajstić information content (AvgIpc) is 2.53. The summed E-state index contributed by atoms with van der Waals surface area (Å²) in [6.07, 6.45) is 1.49. The highest BCUT2D eigenvalue weighted by molar-refractivity contribution is 9.10. The lowest BCUT2D eigenvalue weighted by molar-refractivity contribution is 0.249. The van der Waals surface area contributed by atoms with E-state index in [2.05, 4.69) is 26.5 Å². The number of urea groups is 1. The Kier molecular flexibility index (Phi) is 5.99. The minimum Gasteiger partial charge on any atom is -0.496 e. The van der Waals surface area contributed by atoms with Crippen LogP contribution in [0.3, 0.4) is 0 Å². The van der Waals surface area contributed by atoms with Crippen LogP contribution in [0.2, 0.25) is 0 Å². The topological polar surface area (TPSA) is 85.9 Å². The number of primary amides is 1. The number of hydrogen-bond acceptors (Lipinski definition) is 4. The first kappa shape index (κ1) is 16.8. The molecule has 2 amide bonds. The number of halogens is 1. The van der Waals surface area contributed by atoms with Crippen LogP contribution >= 0.6 is 15.9 Å². The number of methoxy groups -OCH3 is 1. The van der Waals surface area contributed by atoms with E-state index in [-0.39, 0.29) is 0 Å². The molecule has 23 heavy (non-hydrogen) atoms. The minimum absolute atomic E-state index is 0.338. The van der Waals surface area contributed by atoms with E-state index < -0.39 is 6.03 Å². The van der Waals surface area contributed by atoms with Gasteiger partial charge in [0.2, 0.25) is 0 Å². The van der Waals surface area contributed by atoms with Crippen LogP contribution in [0.4, 0.5) is 4.79 Å². The Morgan fingerprint density at radius 1 is 1.35 bits per heavy atom. The molecule has 6 nitrogen and oxygen atoms in total. The largest absolute Gasteiger partial charge is 0.496 e. The summed E-state index contributed by atoms with van der Waals surface area (Å²) in [5.74, 6) is 1.45. The van der Waals surface area contributed by atoms with E-state index >= 15 is 0 Å². The van der Waals surface area contributed by atoms with Crippen LogP contribution in [0.1, 0.15) is 11.1 Å². The summed E-state index contributed by atoms with van der Waals surface area (Å²) in [6.45, 7) is 0.338. The zero-order valence-corrected chi connectivity index (χ0v) is 14.0. The number of nitrogens with one attached hydrogen (secondary N) is 1. The van der Waals surface area contributed by atoms with Crippen molar-refractivity contribution in [1.29, 1.82) is 0 Å². The fourth-order valence-electron chi connectivity index (χ4n) is 1.88. The molecule has 0 atom stereocenters. The molecule has 2 aromatic carbocycles. The Hall–Kier alpha value is -2.54. The Morgan fingerprint density at radius 3 is 2.87 bits per heavy atom. The van der Waals surface area contributed by atoms with Gasteiger partial charge in [-0.15, -0.1) is 0 Å². The van der Waals surface area contributed by atoms with Gasteiger partial charge in [0.15, 0.2) is 0 Å². The molecule has 0 aliphatic carbocycles. The number of benzene rings is 2. The SMILES string of the molecule is COc1ccc(C=NNC(N)=O)cc1COc1cccc(Br)c1. The second-order valence-corrected chi connectivity index (χ2v) is 5.47. The second-order valence-electron chi connectivity index (χ2n) is 4.55. The molecule has 0 aromatic heterocycles. The lowest BCUT2D eigenvalue weighted by atomic mass is 10.1. The van der Waals surface area contributed by atoms with Gasteiger partial charge in [-0.1, -0.05) is 22.0 Å². The van der Waals surface area contributed by atoms with Crippen molar-refractivity contribution >= 4 is 28.2 Å². The van der Waals surface area contributed by atoms with Crippen LogP contribution in [-0.2, 0) is 6.61 Å². The van der Waals surface area contributed by atoms with Crippen molar-refractivity contribution in [3.63, 3.8) is 0 Å². The Morgan fingerprint density at radius 2 is 2.17 bits per heavy atom. The van der Waals surface area contributed by atoms with E-state index in [1.807, 2.05) is 42.5 Å². The highest BCUT2D eigenvalue weighted by Crippen LogP contribution is 2.23. The van der Waals surface area contributed by atoms with Crippen molar-refractivity contribution < 1.29 is 14.3 Å². The second kappa shape index (κ2) is 8.19. The first-order valence-electron chi connectivity index (χ1n) is 6.72. The molecule has 0 aliphatic rings. The van der Waals surface area contributed by atoms with E-state index in [9.17, 15) is 4.79 Å².